The minimum Gasteiger partial charge on any atom is -0.294 e. The number of halogens is 1. The summed E-state index contributed by atoms with van der Waals surface area (Å²) in [6.45, 7) is 0. The molecule has 1 nitrogen and oxygen atoms in total. The van der Waals surface area contributed by atoms with Gasteiger partial charge in [0.25, 0.3) is 0 Å². The molecule has 2 atom stereocenters. The predicted molar refractivity (Wildman–Crippen MR) is 83.2 cm³/mol. The summed E-state index contributed by atoms with van der Waals surface area (Å²) in [6, 6.07) is 14.7. The topological polar surface area (TPSA) is 17.1 Å². The van der Waals surface area contributed by atoms with Gasteiger partial charge in [0.05, 0.1) is 0 Å². The van der Waals surface area contributed by atoms with Gasteiger partial charge in [-0.25, -0.2) is 0 Å². The van der Waals surface area contributed by atoms with Gasteiger partial charge in [0.15, 0.2) is 5.78 Å². The molecule has 0 heterocycles. The minimum absolute atomic E-state index is 0.164. The van der Waals surface area contributed by atoms with Crippen molar-refractivity contribution in [1.82, 2.24) is 0 Å². The van der Waals surface area contributed by atoms with Crippen LogP contribution in [0.4, 0.5) is 0 Å². The van der Waals surface area contributed by atoms with Crippen LogP contribution in [0.25, 0.3) is 0 Å². The van der Waals surface area contributed by atoms with E-state index in [1.807, 2.05) is 12.1 Å². The van der Waals surface area contributed by atoms with Crippen molar-refractivity contribution in [2.24, 2.45) is 5.92 Å². The molecule has 0 aromatic heterocycles. The quantitative estimate of drug-likeness (QED) is 0.695. The number of Topliss-reactive ketones (excluding diaryl/α,β-unsaturated/α-hetero) is 1. The molecule has 0 spiro atoms. The zero-order valence-electron chi connectivity index (χ0n) is 11.1. The Bertz CT molecular complexity index is 704. The molecule has 4 rings (SSSR count). The molecule has 2 aromatic carbocycles. The third kappa shape index (κ3) is 1.86. The van der Waals surface area contributed by atoms with E-state index in [0.29, 0.717) is 11.7 Å². The van der Waals surface area contributed by atoms with Crippen LogP contribution in [0.3, 0.4) is 0 Å². The van der Waals surface area contributed by atoms with E-state index in [4.69, 9.17) is 0 Å². The molecule has 0 fully saturated rings. The first-order valence-corrected chi connectivity index (χ1v) is 7.92. The van der Waals surface area contributed by atoms with Gasteiger partial charge in [-0.05, 0) is 60.1 Å². The number of carbonyl (C=O) groups is 1. The number of carbonyl (C=O) groups excluding carboxylic acids is 1. The van der Waals surface area contributed by atoms with Gasteiger partial charge in [0, 0.05) is 16.0 Å². The lowest BCUT2D eigenvalue weighted by atomic mass is 9.75. The van der Waals surface area contributed by atoms with Gasteiger partial charge in [0.2, 0.25) is 0 Å². The highest BCUT2D eigenvalue weighted by atomic mass is 79.9. The second-order valence-corrected chi connectivity index (χ2v) is 6.82. The molecule has 0 radical (unpaired) electrons. The highest BCUT2D eigenvalue weighted by molar-refractivity contribution is 9.10. The van der Waals surface area contributed by atoms with Gasteiger partial charge in [-0.1, -0.05) is 40.2 Å². The largest absolute Gasteiger partial charge is 0.294 e. The van der Waals surface area contributed by atoms with E-state index in [1.165, 1.54) is 16.7 Å². The Morgan fingerprint density at radius 2 is 1.65 bits per heavy atom. The Balaban J connectivity index is 1.88. The van der Waals surface area contributed by atoms with E-state index in [1.54, 1.807) is 0 Å². The molecule has 2 aromatic rings. The molecule has 0 amide bonds. The van der Waals surface area contributed by atoms with Crippen molar-refractivity contribution in [2.75, 3.05) is 0 Å². The summed E-state index contributed by atoms with van der Waals surface area (Å²) < 4.78 is 1.07. The monoisotopic (exact) mass is 326 g/mol. The zero-order chi connectivity index (χ0) is 13.7. The number of hydrogen-bond acceptors (Lipinski definition) is 1. The second-order valence-electron chi connectivity index (χ2n) is 5.90. The van der Waals surface area contributed by atoms with Gasteiger partial charge in [0.1, 0.15) is 0 Å². The third-order valence-electron chi connectivity index (χ3n) is 4.71. The standard InChI is InChI=1S/C18H15BrO/c19-15-5-6-16-17(10-15)13-7-11-3-1-2-4-12(11)8-14(9-13)18(16)20/h1-6,10,13-14H,7-9H2. The van der Waals surface area contributed by atoms with Gasteiger partial charge < -0.3 is 0 Å². The number of benzene rings is 2. The van der Waals surface area contributed by atoms with Crippen molar-refractivity contribution >= 4 is 21.7 Å². The van der Waals surface area contributed by atoms with Crippen molar-refractivity contribution in [1.29, 1.82) is 0 Å². The van der Waals surface area contributed by atoms with Crippen LogP contribution in [0.1, 0.15) is 39.4 Å². The molecule has 2 aliphatic carbocycles. The molecule has 0 saturated carbocycles. The van der Waals surface area contributed by atoms with Gasteiger partial charge in [-0.15, -0.1) is 0 Å². The Kier molecular flexibility index (Phi) is 2.81. The van der Waals surface area contributed by atoms with Crippen molar-refractivity contribution in [3.63, 3.8) is 0 Å². The van der Waals surface area contributed by atoms with Crippen molar-refractivity contribution in [2.45, 2.75) is 25.2 Å². The minimum atomic E-state index is 0.164. The van der Waals surface area contributed by atoms with Crippen molar-refractivity contribution < 1.29 is 4.79 Å². The van der Waals surface area contributed by atoms with E-state index in [-0.39, 0.29) is 5.92 Å². The van der Waals surface area contributed by atoms with Crippen LogP contribution in [0, 0.1) is 5.92 Å². The number of ketones is 1. The van der Waals surface area contributed by atoms with Crippen LogP contribution < -0.4 is 0 Å². The Labute approximate surface area is 127 Å². The van der Waals surface area contributed by atoms with E-state index in [2.05, 4.69) is 46.3 Å². The van der Waals surface area contributed by atoms with Crippen LogP contribution in [0.2, 0.25) is 0 Å². The molecule has 0 aliphatic heterocycles. The Hall–Kier alpha value is -1.41. The SMILES string of the molecule is O=C1c2ccc(Br)cc2C2Cc3ccccc3CC1C2. The molecule has 0 saturated heterocycles. The van der Waals surface area contributed by atoms with Gasteiger partial charge in [-0.3, -0.25) is 4.79 Å². The summed E-state index contributed by atoms with van der Waals surface area (Å²) >= 11 is 3.54. The maximum atomic E-state index is 12.7. The van der Waals surface area contributed by atoms with Crippen LogP contribution in [0.15, 0.2) is 46.9 Å². The molecule has 2 heteroatoms. The Morgan fingerprint density at radius 3 is 2.40 bits per heavy atom. The first kappa shape index (κ1) is 12.3. The summed E-state index contributed by atoms with van der Waals surface area (Å²) in [4.78, 5) is 12.7. The fourth-order valence-corrected chi connectivity index (χ4v) is 4.13. The van der Waals surface area contributed by atoms with E-state index < -0.39 is 0 Å². The summed E-state index contributed by atoms with van der Waals surface area (Å²) in [7, 11) is 0. The smallest absolute Gasteiger partial charge is 0.166 e. The van der Waals surface area contributed by atoms with Crippen LogP contribution in [-0.2, 0) is 12.8 Å². The molecule has 100 valence electrons. The fourth-order valence-electron chi connectivity index (χ4n) is 3.75. The maximum Gasteiger partial charge on any atom is 0.166 e. The number of fused-ring (bicyclic) bond motifs is 5. The van der Waals surface area contributed by atoms with Gasteiger partial charge >= 0.3 is 0 Å². The zero-order valence-corrected chi connectivity index (χ0v) is 12.7. The average molecular weight is 327 g/mol. The Morgan fingerprint density at radius 1 is 0.950 bits per heavy atom. The van der Waals surface area contributed by atoms with Gasteiger partial charge in [-0.2, -0.15) is 0 Å². The lowest BCUT2D eigenvalue weighted by molar-refractivity contribution is 0.0894. The molecule has 2 bridgehead atoms. The molecule has 2 unspecified atom stereocenters. The van der Waals surface area contributed by atoms with Crippen molar-refractivity contribution in [3.8, 4) is 0 Å². The third-order valence-corrected chi connectivity index (χ3v) is 5.20. The molecular formula is C18H15BrO. The average Bonchev–Trinajstić information content (AvgIpc) is 2.62. The van der Waals surface area contributed by atoms with Crippen LogP contribution in [0.5, 0.6) is 0 Å². The number of hydrogen-bond donors (Lipinski definition) is 0. The maximum absolute atomic E-state index is 12.7. The normalized spacial score (nSPS) is 23.8. The van der Waals surface area contributed by atoms with E-state index >= 15 is 0 Å². The van der Waals surface area contributed by atoms with E-state index in [0.717, 1.165) is 29.3 Å². The molecular weight excluding hydrogens is 312 g/mol. The van der Waals surface area contributed by atoms with Crippen LogP contribution >= 0.6 is 15.9 Å². The highest BCUT2D eigenvalue weighted by Gasteiger charge is 2.36. The predicted octanol–water partition coefficient (Wildman–Crippen LogP) is 4.53. The van der Waals surface area contributed by atoms with Crippen molar-refractivity contribution in [3.05, 3.63) is 69.2 Å². The lowest BCUT2D eigenvalue weighted by Gasteiger charge is -2.28. The fraction of sp³-hybridized carbons (Fsp3) is 0.278. The first-order valence-electron chi connectivity index (χ1n) is 7.13. The molecule has 2 aliphatic rings. The second kappa shape index (κ2) is 4.56. The summed E-state index contributed by atoms with van der Waals surface area (Å²) in [5.74, 6) is 0.978. The molecule has 0 N–H and O–H groups in total. The first-order chi connectivity index (χ1) is 9.72. The van der Waals surface area contributed by atoms with E-state index in [9.17, 15) is 4.79 Å². The highest BCUT2D eigenvalue weighted by Crippen LogP contribution is 2.42. The lowest BCUT2D eigenvalue weighted by Crippen LogP contribution is -2.26. The van der Waals surface area contributed by atoms with Crippen LogP contribution in [-0.4, -0.2) is 5.78 Å². The summed E-state index contributed by atoms with van der Waals surface area (Å²) in [5, 5.41) is 0. The summed E-state index contributed by atoms with van der Waals surface area (Å²) in [5.41, 5.74) is 4.96. The molecule has 20 heavy (non-hydrogen) atoms. The number of rotatable bonds is 0. The summed E-state index contributed by atoms with van der Waals surface area (Å²) in [6.07, 6.45) is 2.96.